The number of para-hydroxylation sites is 1. The van der Waals surface area contributed by atoms with Crippen molar-refractivity contribution in [2.45, 2.75) is 20.3 Å². The number of furan rings is 1. The van der Waals surface area contributed by atoms with Crippen molar-refractivity contribution in [3.63, 3.8) is 0 Å². The molecule has 1 N–H and O–H groups in total. The monoisotopic (exact) mass is 309 g/mol. The molecule has 0 unspecified atom stereocenters. The maximum absolute atomic E-state index is 12.6. The maximum atomic E-state index is 12.6. The minimum Gasteiger partial charge on any atom is -0.497 e. The lowest BCUT2D eigenvalue weighted by Gasteiger charge is -2.08. The highest BCUT2D eigenvalue weighted by atomic mass is 16.5. The van der Waals surface area contributed by atoms with Crippen LogP contribution in [-0.4, -0.2) is 13.0 Å². The standard InChI is InChI=1S/C19H19NO3/c1-4-13-7-5-6-8-16(13)20-19(21)18-12(2)15-11-14(22-3)9-10-17(15)23-18/h5-11H,4H2,1-3H3,(H,20,21). The quantitative estimate of drug-likeness (QED) is 0.768. The number of carbonyl (C=O) groups excluding carboxylic acids is 1. The van der Waals surface area contributed by atoms with Crippen LogP contribution >= 0.6 is 0 Å². The van der Waals surface area contributed by atoms with Crippen molar-refractivity contribution in [2.75, 3.05) is 12.4 Å². The third kappa shape index (κ3) is 2.80. The van der Waals surface area contributed by atoms with Gasteiger partial charge in [0.2, 0.25) is 0 Å². The summed E-state index contributed by atoms with van der Waals surface area (Å²) in [6.45, 7) is 3.94. The summed E-state index contributed by atoms with van der Waals surface area (Å²) in [5, 5.41) is 3.83. The minimum absolute atomic E-state index is 0.237. The van der Waals surface area contributed by atoms with E-state index >= 15 is 0 Å². The molecule has 118 valence electrons. The van der Waals surface area contributed by atoms with E-state index in [1.165, 1.54) is 0 Å². The van der Waals surface area contributed by atoms with Gasteiger partial charge in [0.1, 0.15) is 11.3 Å². The predicted molar refractivity (Wildman–Crippen MR) is 91.3 cm³/mol. The van der Waals surface area contributed by atoms with Crippen LogP contribution in [0.2, 0.25) is 0 Å². The van der Waals surface area contributed by atoms with Crippen molar-refractivity contribution in [3.05, 3.63) is 59.4 Å². The lowest BCUT2D eigenvalue weighted by Crippen LogP contribution is -2.13. The van der Waals surface area contributed by atoms with Gasteiger partial charge in [0.05, 0.1) is 7.11 Å². The summed E-state index contributed by atoms with van der Waals surface area (Å²) >= 11 is 0. The Kier molecular flexibility index (Phi) is 4.06. The molecule has 0 bridgehead atoms. The van der Waals surface area contributed by atoms with Crippen LogP contribution in [0.4, 0.5) is 5.69 Å². The molecule has 0 radical (unpaired) electrons. The number of aryl methyl sites for hydroxylation is 2. The van der Waals surface area contributed by atoms with Crippen LogP contribution in [0.5, 0.6) is 5.75 Å². The zero-order chi connectivity index (χ0) is 16.4. The van der Waals surface area contributed by atoms with Crippen molar-refractivity contribution in [3.8, 4) is 5.75 Å². The molecule has 4 heteroatoms. The van der Waals surface area contributed by atoms with Gasteiger partial charge in [0.15, 0.2) is 5.76 Å². The number of amides is 1. The van der Waals surface area contributed by atoms with Gasteiger partial charge in [-0.15, -0.1) is 0 Å². The smallest absolute Gasteiger partial charge is 0.291 e. The first-order chi connectivity index (χ1) is 11.1. The number of ether oxygens (including phenoxy) is 1. The molecule has 0 saturated heterocycles. The third-order valence-electron chi connectivity index (χ3n) is 4.00. The van der Waals surface area contributed by atoms with E-state index in [-0.39, 0.29) is 5.91 Å². The molecule has 1 amide bonds. The summed E-state index contributed by atoms with van der Waals surface area (Å²) in [6.07, 6.45) is 0.854. The van der Waals surface area contributed by atoms with Crippen LogP contribution in [0.15, 0.2) is 46.9 Å². The zero-order valence-corrected chi connectivity index (χ0v) is 13.5. The van der Waals surface area contributed by atoms with Crippen LogP contribution in [0.25, 0.3) is 11.0 Å². The van der Waals surface area contributed by atoms with Crippen LogP contribution < -0.4 is 10.1 Å². The molecule has 3 aromatic rings. The van der Waals surface area contributed by atoms with E-state index in [4.69, 9.17) is 9.15 Å². The van der Waals surface area contributed by atoms with Crippen LogP contribution in [0.1, 0.15) is 28.6 Å². The first-order valence-corrected chi connectivity index (χ1v) is 7.60. The molecule has 1 aromatic heterocycles. The molecule has 0 aliphatic rings. The normalized spacial score (nSPS) is 10.7. The number of fused-ring (bicyclic) bond motifs is 1. The van der Waals surface area contributed by atoms with E-state index in [0.717, 1.165) is 34.4 Å². The molecule has 4 nitrogen and oxygen atoms in total. The fourth-order valence-electron chi connectivity index (χ4n) is 2.67. The molecule has 23 heavy (non-hydrogen) atoms. The molecule has 1 heterocycles. The van der Waals surface area contributed by atoms with Gasteiger partial charge < -0.3 is 14.5 Å². The summed E-state index contributed by atoms with van der Waals surface area (Å²) in [5.41, 5.74) is 3.40. The predicted octanol–water partition coefficient (Wildman–Crippen LogP) is 4.56. The van der Waals surface area contributed by atoms with Crippen molar-refractivity contribution < 1.29 is 13.9 Å². The number of anilines is 1. The summed E-state index contributed by atoms with van der Waals surface area (Å²) in [5.74, 6) is 0.836. The first-order valence-electron chi connectivity index (χ1n) is 7.60. The highest BCUT2D eigenvalue weighted by molar-refractivity contribution is 6.06. The van der Waals surface area contributed by atoms with Crippen molar-refractivity contribution in [1.29, 1.82) is 0 Å². The van der Waals surface area contributed by atoms with Gasteiger partial charge in [0.25, 0.3) is 5.91 Å². The topological polar surface area (TPSA) is 51.5 Å². The van der Waals surface area contributed by atoms with Gasteiger partial charge in [-0.3, -0.25) is 4.79 Å². The van der Waals surface area contributed by atoms with Gasteiger partial charge >= 0.3 is 0 Å². The Morgan fingerprint density at radius 1 is 1.22 bits per heavy atom. The lowest BCUT2D eigenvalue weighted by molar-refractivity contribution is 0.0998. The number of rotatable bonds is 4. The molecule has 0 saturated carbocycles. The van der Waals surface area contributed by atoms with E-state index in [0.29, 0.717) is 11.3 Å². The average molecular weight is 309 g/mol. The molecular formula is C19H19NO3. The molecule has 2 aromatic carbocycles. The molecule has 0 fully saturated rings. The molecule has 0 atom stereocenters. The molecule has 0 spiro atoms. The molecule has 3 rings (SSSR count). The number of benzene rings is 2. The number of carbonyl (C=O) groups is 1. The van der Waals surface area contributed by atoms with E-state index in [1.54, 1.807) is 7.11 Å². The summed E-state index contributed by atoms with van der Waals surface area (Å²) in [4.78, 5) is 12.6. The van der Waals surface area contributed by atoms with Crippen molar-refractivity contribution in [2.24, 2.45) is 0 Å². The number of hydrogen-bond donors (Lipinski definition) is 1. The number of methoxy groups -OCH3 is 1. The lowest BCUT2D eigenvalue weighted by atomic mass is 10.1. The first kappa shape index (κ1) is 15.2. The Bertz CT molecular complexity index is 864. The van der Waals surface area contributed by atoms with Crippen LogP contribution in [0.3, 0.4) is 0 Å². The summed E-state index contributed by atoms with van der Waals surface area (Å²) in [6, 6.07) is 13.3. The zero-order valence-electron chi connectivity index (χ0n) is 13.5. The second-order valence-electron chi connectivity index (χ2n) is 5.38. The SMILES string of the molecule is CCc1ccccc1NC(=O)c1oc2ccc(OC)cc2c1C. The second-order valence-corrected chi connectivity index (χ2v) is 5.38. The Labute approximate surface area is 135 Å². The average Bonchev–Trinajstić information content (AvgIpc) is 2.91. The molecule has 0 aliphatic carbocycles. The van der Waals surface area contributed by atoms with Gasteiger partial charge in [-0.2, -0.15) is 0 Å². The Morgan fingerprint density at radius 2 is 2.00 bits per heavy atom. The largest absolute Gasteiger partial charge is 0.497 e. The van der Waals surface area contributed by atoms with Gasteiger partial charge in [0, 0.05) is 16.6 Å². The summed E-state index contributed by atoms with van der Waals surface area (Å²) < 4.78 is 11.0. The van der Waals surface area contributed by atoms with Gasteiger partial charge in [-0.1, -0.05) is 25.1 Å². The minimum atomic E-state index is -0.237. The number of hydrogen-bond acceptors (Lipinski definition) is 3. The van der Waals surface area contributed by atoms with Crippen LogP contribution in [-0.2, 0) is 6.42 Å². The fraction of sp³-hybridized carbons (Fsp3) is 0.211. The summed E-state index contributed by atoms with van der Waals surface area (Å²) in [7, 11) is 1.62. The van der Waals surface area contributed by atoms with Crippen LogP contribution in [0, 0.1) is 6.92 Å². The van der Waals surface area contributed by atoms with E-state index in [9.17, 15) is 4.79 Å². The second kappa shape index (κ2) is 6.16. The fourth-order valence-corrected chi connectivity index (χ4v) is 2.67. The Balaban J connectivity index is 1.96. The number of nitrogens with one attached hydrogen (secondary N) is 1. The van der Waals surface area contributed by atoms with Gasteiger partial charge in [-0.25, -0.2) is 0 Å². The highest BCUT2D eigenvalue weighted by Crippen LogP contribution is 2.29. The van der Waals surface area contributed by atoms with E-state index < -0.39 is 0 Å². The van der Waals surface area contributed by atoms with Crippen molar-refractivity contribution >= 4 is 22.6 Å². The maximum Gasteiger partial charge on any atom is 0.291 e. The highest BCUT2D eigenvalue weighted by Gasteiger charge is 2.18. The van der Waals surface area contributed by atoms with E-state index in [2.05, 4.69) is 12.2 Å². The van der Waals surface area contributed by atoms with E-state index in [1.807, 2.05) is 49.4 Å². The van der Waals surface area contributed by atoms with Gasteiger partial charge in [-0.05, 0) is 43.2 Å². The molecule has 0 aliphatic heterocycles. The molecular weight excluding hydrogens is 290 g/mol. The Morgan fingerprint density at radius 3 is 2.74 bits per heavy atom. The van der Waals surface area contributed by atoms with Crippen molar-refractivity contribution in [1.82, 2.24) is 0 Å². The third-order valence-corrected chi connectivity index (χ3v) is 4.00. The Hall–Kier alpha value is -2.75.